The molecule has 1 N–H and O–H groups in total. The van der Waals surface area contributed by atoms with Gasteiger partial charge in [-0.2, -0.15) is 0 Å². The van der Waals surface area contributed by atoms with Gasteiger partial charge in [0.15, 0.2) is 6.61 Å². The molecule has 2 aromatic carbocycles. The van der Waals surface area contributed by atoms with Crippen molar-refractivity contribution in [3.05, 3.63) is 71.3 Å². The summed E-state index contributed by atoms with van der Waals surface area (Å²) in [6.07, 6.45) is 2.99. The van der Waals surface area contributed by atoms with Gasteiger partial charge in [0.2, 0.25) is 11.8 Å². The number of esters is 1. The molecule has 4 atom stereocenters. The van der Waals surface area contributed by atoms with E-state index in [4.69, 9.17) is 4.74 Å². The zero-order chi connectivity index (χ0) is 23.3. The molecule has 2 bridgehead atoms. The van der Waals surface area contributed by atoms with Crippen molar-refractivity contribution in [2.75, 3.05) is 16.8 Å². The van der Waals surface area contributed by atoms with Gasteiger partial charge < -0.3 is 10.1 Å². The normalized spacial score (nSPS) is 25.2. The number of imide groups is 1. The fraction of sp³-hybridized carbons (Fsp3) is 0.308. The molecule has 2 aromatic rings. The van der Waals surface area contributed by atoms with Gasteiger partial charge in [-0.05, 0) is 68.0 Å². The van der Waals surface area contributed by atoms with Gasteiger partial charge in [-0.25, -0.2) is 9.69 Å². The van der Waals surface area contributed by atoms with E-state index in [0.29, 0.717) is 11.4 Å². The van der Waals surface area contributed by atoms with Crippen LogP contribution < -0.4 is 10.2 Å². The van der Waals surface area contributed by atoms with Gasteiger partial charge in [-0.1, -0.05) is 29.8 Å². The standard InChI is InChI=1S/C26H24N2O5/c1-14-5-3-7-18(9-14)27-21(29)13-33-26(32)16-6-4-8-19(11-16)28-24(30)22-17-10-15(2)20(12-17)23(22)25(28)31/h3-11,17,20,22-23H,12-13H2,1-2H3,(H,27,29)/t17-,20+,22-,23+/m0/s1. The Labute approximate surface area is 191 Å². The highest BCUT2D eigenvalue weighted by Crippen LogP contribution is 2.55. The van der Waals surface area contributed by atoms with Gasteiger partial charge in [0.1, 0.15) is 0 Å². The zero-order valence-corrected chi connectivity index (χ0v) is 18.4. The summed E-state index contributed by atoms with van der Waals surface area (Å²) in [5.41, 5.74) is 3.33. The smallest absolute Gasteiger partial charge is 0.338 e. The predicted octanol–water partition coefficient (Wildman–Crippen LogP) is 3.49. The molecule has 1 saturated heterocycles. The second-order valence-corrected chi connectivity index (χ2v) is 9.02. The number of amides is 3. The van der Waals surface area contributed by atoms with Crippen LogP contribution in [0.5, 0.6) is 0 Å². The van der Waals surface area contributed by atoms with Crippen molar-refractivity contribution in [2.45, 2.75) is 20.3 Å². The van der Waals surface area contributed by atoms with E-state index in [1.54, 1.807) is 18.2 Å². The lowest BCUT2D eigenvalue weighted by molar-refractivity contribution is -0.123. The van der Waals surface area contributed by atoms with E-state index >= 15 is 0 Å². The van der Waals surface area contributed by atoms with Crippen molar-refractivity contribution in [3.8, 4) is 0 Å². The fourth-order valence-electron chi connectivity index (χ4n) is 5.44. The summed E-state index contributed by atoms with van der Waals surface area (Å²) in [6, 6.07) is 13.5. The lowest BCUT2D eigenvalue weighted by Crippen LogP contribution is -2.33. The van der Waals surface area contributed by atoms with Crippen LogP contribution in [-0.4, -0.2) is 30.3 Å². The number of ether oxygens (including phenoxy) is 1. The summed E-state index contributed by atoms with van der Waals surface area (Å²) in [6.45, 7) is 3.48. The van der Waals surface area contributed by atoms with E-state index in [9.17, 15) is 19.2 Å². The Morgan fingerprint density at radius 3 is 2.58 bits per heavy atom. The molecule has 3 aliphatic rings. The number of aryl methyl sites for hydroxylation is 1. The molecule has 0 aromatic heterocycles. The first-order valence-corrected chi connectivity index (χ1v) is 11.0. The van der Waals surface area contributed by atoms with Crippen molar-refractivity contribution < 1.29 is 23.9 Å². The maximum atomic E-state index is 13.1. The minimum absolute atomic E-state index is 0.113. The molecule has 0 unspecified atom stereocenters. The molecule has 33 heavy (non-hydrogen) atoms. The van der Waals surface area contributed by atoms with Crippen LogP contribution in [0.3, 0.4) is 0 Å². The molecule has 1 heterocycles. The van der Waals surface area contributed by atoms with Gasteiger partial charge >= 0.3 is 5.97 Å². The molecular formula is C26H24N2O5. The molecule has 5 rings (SSSR count). The number of fused-ring (bicyclic) bond motifs is 5. The van der Waals surface area contributed by atoms with Crippen LogP contribution in [0.1, 0.15) is 29.3 Å². The molecule has 1 saturated carbocycles. The lowest BCUT2D eigenvalue weighted by atomic mass is 9.82. The first-order valence-electron chi connectivity index (χ1n) is 11.0. The molecule has 2 fully saturated rings. The second-order valence-electron chi connectivity index (χ2n) is 9.02. The van der Waals surface area contributed by atoms with Crippen molar-refractivity contribution >= 4 is 35.1 Å². The van der Waals surface area contributed by atoms with Crippen LogP contribution in [0.15, 0.2) is 60.2 Å². The number of allylic oxidation sites excluding steroid dienone is 2. The number of rotatable bonds is 5. The van der Waals surface area contributed by atoms with Gasteiger partial charge in [0.25, 0.3) is 5.91 Å². The number of anilines is 2. The monoisotopic (exact) mass is 444 g/mol. The second kappa shape index (κ2) is 7.99. The van der Waals surface area contributed by atoms with E-state index in [0.717, 1.165) is 12.0 Å². The van der Waals surface area contributed by atoms with Crippen LogP contribution >= 0.6 is 0 Å². The van der Waals surface area contributed by atoms with E-state index in [1.807, 2.05) is 32.0 Å². The number of hydrogen-bond donors (Lipinski definition) is 1. The molecule has 7 heteroatoms. The molecule has 7 nitrogen and oxygen atoms in total. The Morgan fingerprint density at radius 1 is 1.03 bits per heavy atom. The maximum absolute atomic E-state index is 13.1. The zero-order valence-electron chi connectivity index (χ0n) is 18.4. The van der Waals surface area contributed by atoms with Crippen LogP contribution in [-0.2, 0) is 19.1 Å². The fourth-order valence-corrected chi connectivity index (χ4v) is 5.44. The maximum Gasteiger partial charge on any atom is 0.338 e. The summed E-state index contributed by atoms with van der Waals surface area (Å²) in [7, 11) is 0. The van der Waals surface area contributed by atoms with Crippen LogP contribution in [0.2, 0.25) is 0 Å². The van der Waals surface area contributed by atoms with Crippen molar-refractivity contribution in [1.29, 1.82) is 0 Å². The highest BCUT2D eigenvalue weighted by molar-refractivity contribution is 6.23. The van der Waals surface area contributed by atoms with Crippen LogP contribution in [0, 0.1) is 30.6 Å². The summed E-state index contributed by atoms with van der Waals surface area (Å²) in [4.78, 5) is 52.1. The van der Waals surface area contributed by atoms with Crippen LogP contribution in [0.4, 0.5) is 11.4 Å². The van der Waals surface area contributed by atoms with Gasteiger partial charge in [0, 0.05) is 5.69 Å². The highest BCUT2D eigenvalue weighted by atomic mass is 16.5. The average Bonchev–Trinajstić information content (AvgIpc) is 3.42. The van der Waals surface area contributed by atoms with Crippen molar-refractivity contribution in [2.24, 2.45) is 23.7 Å². The molecule has 3 amide bonds. The number of carbonyl (C=O) groups is 4. The number of benzene rings is 2. The number of nitrogens with zero attached hydrogens (tertiary/aromatic N) is 1. The van der Waals surface area contributed by atoms with Crippen LogP contribution in [0.25, 0.3) is 0 Å². The van der Waals surface area contributed by atoms with E-state index in [2.05, 4.69) is 11.4 Å². The van der Waals surface area contributed by atoms with E-state index in [-0.39, 0.29) is 41.0 Å². The van der Waals surface area contributed by atoms with E-state index in [1.165, 1.54) is 22.6 Å². The Hall–Kier alpha value is -3.74. The molecule has 2 aliphatic carbocycles. The summed E-state index contributed by atoms with van der Waals surface area (Å²) < 4.78 is 5.15. The Kier molecular flexibility index (Phi) is 5.12. The molecule has 0 spiro atoms. The number of carbonyl (C=O) groups excluding carboxylic acids is 4. The SMILES string of the molecule is CC1=C[C@H]2C[C@H]1[C@H]1C(=O)N(c3cccc(C(=O)OCC(=O)Nc4cccc(C)c4)c3)C(=O)[C@H]12. The first kappa shape index (κ1) is 21.1. The largest absolute Gasteiger partial charge is 0.452 e. The van der Waals surface area contributed by atoms with Gasteiger partial charge in [-0.15, -0.1) is 0 Å². The minimum Gasteiger partial charge on any atom is -0.452 e. The van der Waals surface area contributed by atoms with Crippen molar-refractivity contribution in [1.82, 2.24) is 0 Å². The molecule has 1 aliphatic heterocycles. The third-order valence-electron chi connectivity index (χ3n) is 6.86. The van der Waals surface area contributed by atoms with Gasteiger partial charge in [0.05, 0.1) is 23.1 Å². The van der Waals surface area contributed by atoms with E-state index < -0.39 is 18.5 Å². The van der Waals surface area contributed by atoms with Gasteiger partial charge in [-0.3, -0.25) is 14.4 Å². The summed E-state index contributed by atoms with van der Waals surface area (Å²) in [5, 5.41) is 2.68. The van der Waals surface area contributed by atoms with Crippen molar-refractivity contribution in [3.63, 3.8) is 0 Å². The third-order valence-corrected chi connectivity index (χ3v) is 6.86. The highest BCUT2D eigenvalue weighted by Gasteiger charge is 2.60. The summed E-state index contributed by atoms with van der Waals surface area (Å²) in [5.74, 6) is -1.95. The number of nitrogens with one attached hydrogen (secondary N) is 1. The Balaban J connectivity index is 1.26. The topological polar surface area (TPSA) is 92.8 Å². The first-order chi connectivity index (χ1) is 15.8. The number of hydrogen-bond acceptors (Lipinski definition) is 5. The Bertz CT molecular complexity index is 1220. The quantitative estimate of drug-likeness (QED) is 0.433. The average molecular weight is 444 g/mol. The minimum atomic E-state index is -0.701. The summed E-state index contributed by atoms with van der Waals surface area (Å²) >= 11 is 0. The Morgan fingerprint density at radius 2 is 1.79 bits per heavy atom. The molecular weight excluding hydrogens is 420 g/mol. The third kappa shape index (κ3) is 3.63. The molecule has 0 radical (unpaired) electrons. The lowest BCUT2D eigenvalue weighted by Gasteiger charge is -2.19. The molecule has 168 valence electrons. The predicted molar refractivity (Wildman–Crippen MR) is 121 cm³/mol.